The zero-order valence-electron chi connectivity index (χ0n) is 6.69. The van der Waals surface area contributed by atoms with Crippen molar-refractivity contribution in [1.29, 1.82) is 0 Å². The zero-order valence-corrected chi connectivity index (χ0v) is 7.45. The van der Waals surface area contributed by atoms with Gasteiger partial charge in [-0.05, 0) is 12.0 Å². The first-order valence-electron chi connectivity index (χ1n) is 3.54. The molecule has 0 N–H and O–H groups in total. The molecule has 1 rings (SSSR count). The third kappa shape index (κ3) is 2.09. The van der Waals surface area contributed by atoms with Crippen molar-refractivity contribution in [1.82, 2.24) is 10.2 Å². The topological polar surface area (TPSA) is 25.8 Å². The lowest BCUT2D eigenvalue weighted by Gasteiger charge is -2.10. The summed E-state index contributed by atoms with van der Waals surface area (Å²) in [4.78, 5) is 0. The number of nitrogens with zero attached hydrogens (tertiary/aromatic N) is 2. The Morgan fingerprint density at radius 3 is 2.46 bits per heavy atom. The number of alkyl halides is 3. The van der Waals surface area contributed by atoms with Crippen molar-refractivity contribution in [2.45, 2.75) is 19.5 Å². The second kappa shape index (κ2) is 3.49. The predicted octanol–water partition coefficient (Wildman–Crippen LogP) is 2.71. The van der Waals surface area contributed by atoms with E-state index in [4.69, 9.17) is 11.6 Å². The highest BCUT2D eigenvalue weighted by Crippen LogP contribution is 2.35. The van der Waals surface area contributed by atoms with Gasteiger partial charge in [-0.25, -0.2) is 0 Å². The summed E-state index contributed by atoms with van der Waals surface area (Å²) in [6, 6.07) is 0. The Balaban J connectivity index is 3.32. The lowest BCUT2D eigenvalue weighted by atomic mass is 10.1. The second-order valence-electron chi connectivity index (χ2n) is 2.39. The molecule has 6 heteroatoms. The fraction of sp³-hybridized carbons (Fsp3) is 0.429. The van der Waals surface area contributed by atoms with E-state index in [0.717, 1.165) is 6.20 Å². The Labute approximate surface area is 77.7 Å². The van der Waals surface area contributed by atoms with Gasteiger partial charge in [0.2, 0.25) is 0 Å². The number of hydrogen-bond donors (Lipinski definition) is 0. The SMILES string of the molecule is CCc1cnnc(Cl)c1C(F)(F)F. The van der Waals surface area contributed by atoms with E-state index in [9.17, 15) is 13.2 Å². The van der Waals surface area contributed by atoms with E-state index >= 15 is 0 Å². The highest BCUT2D eigenvalue weighted by Gasteiger charge is 2.36. The van der Waals surface area contributed by atoms with Crippen LogP contribution in [0.1, 0.15) is 18.1 Å². The molecule has 0 aliphatic heterocycles. The number of hydrogen-bond acceptors (Lipinski definition) is 2. The molecule has 0 aliphatic rings. The summed E-state index contributed by atoms with van der Waals surface area (Å²) in [6.45, 7) is 1.60. The maximum absolute atomic E-state index is 12.3. The molecule has 1 aromatic heterocycles. The van der Waals surface area contributed by atoms with Crippen LogP contribution < -0.4 is 0 Å². The van der Waals surface area contributed by atoms with Crippen LogP contribution >= 0.6 is 11.6 Å². The van der Waals surface area contributed by atoms with Gasteiger partial charge < -0.3 is 0 Å². The van der Waals surface area contributed by atoms with Crippen LogP contribution in [0.15, 0.2) is 6.20 Å². The van der Waals surface area contributed by atoms with Gasteiger partial charge in [-0.3, -0.25) is 0 Å². The molecule has 0 bridgehead atoms. The highest BCUT2D eigenvalue weighted by atomic mass is 35.5. The molecule has 0 saturated heterocycles. The van der Waals surface area contributed by atoms with Crippen LogP contribution in [0, 0.1) is 0 Å². The normalized spacial score (nSPS) is 11.8. The monoisotopic (exact) mass is 210 g/mol. The first kappa shape index (κ1) is 10.2. The lowest BCUT2D eigenvalue weighted by Crippen LogP contribution is -2.11. The molecule has 13 heavy (non-hydrogen) atoms. The van der Waals surface area contributed by atoms with Crippen LogP contribution in [0.2, 0.25) is 5.15 Å². The Morgan fingerprint density at radius 2 is 2.08 bits per heavy atom. The van der Waals surface area contributed by atoms with Crippen molar-refractivity contribution in [2.75, 3.05) is 0 Å². The third-order valence-electron chi connectivity index (χ3n) is 1.55. The average molecular weight is 211 g/mol. The molecule has 0 amide bonds. The van der Waals surface area contributed by atoms with Crippen molar-refractivity contribution >= 4 is 11.6 Å². The summed E-state index contributed by atoms with van der Waals surface area (Å²) in [7, 11) is 0. The highest BCUT2D eigenvalue weighted by molar-refractivity contribution is 6.30. The van der Waals surface area contributed by atoms with Gasteiger partial charge in [-0.2, -0.15) is 18.3 Å². The lowest BCUT2D eigenvalue weighted by molar-refractivity contribution is -0.138. The van der Waals surface area contributed by atoms with Gasteiger partial charge in [0.05, 0.1) is 11.8 Å². The molecule has 72 valence electrons. The summed E-state index contributed by atoms with van der Waals surface area (Å²) in [5, 5.41) is 5.91. The molecule has 1 aromatic rings. The Hall–Kier alpha value is -0.840. The molecule has 0 unspecified atom stereocenters. The number of aromatic nitrogens is 2. The first-order chi connectivity index (χ1) is 5.96. The van der Waals surface area contributed by atoms with Crippen molar-refractivity contribution < 1.29 is 13.2 Å². The van der Waals surface area contributed by atoms with Crippen molar-refractivity contribution in [3.63, 3.8) is 0 Å². The van der Waals surface area contributed by atoms with Gasteiger partial charge in [0, 0.05) is 0 Å². The van der Waals surface area contributed by atoms with Gasteiger partial charge in [-0.15, -0.1) is 5.10 Å². The van der Waals surface area contributed by atoms with Crippen LogP contribution in [-0.4, -0.2) is 10.2 Å². The Bertz CT molecular complexity index is 311. The fourth-order valence-electron chi connectivity index (χ4n) is 0.963. The van der Waals surface area contributed by atoms with E-state index in [0.29, 0.717) is 0 Å². The molecule has 0 atom stereocenters. The van der Waals surface area contributed by atoms with Crippen LogP contribution in [0.25, 0.3) is 0 Å². The predicted molar refractivity (Wildman–Crippen MR) is 41.4 cm³/mol. The molecular formula is C7H6ClF3N2. The molecular weight excluding hydrogens is 205 g/mol. The quantitative estimate of drug-likeness (QED) is 0.712. The van der Waals surface area contributed by atoms with E-state index in [2.05, 4.69) is 10.2 Å². The van der Waals surface area contributed by atoms with E-state index in [1.807, 2.05) is 0 Å². The van der Waals surface area contributed by atoms with Gasteiger partial charge in [0.1, 0.15) is 0 Å². The van der Waals surface area contributed by atoms with E-state index < -0.39 is 16.9 Å². The smallest absolute Gasteiger partial charge is 0.166 e. The minimum atomic E-state index is -4.46. The summed E-state index contributed by atoms with van der Waals surface area (Å²) >= 11 is 5.30. The molecule has 0 spiro atoms. The molecule has 0 fully saturated rings. The van der Waals surface area contributed by atoms with Gasteiger partial charge in [-0.1, -0.05) is 18.5 Å². The van der Waals surface area contributed by atoms with Crippen molar-refractivity contribution in [2.24, 2.45) is 0 Å². The zero-order chi connectivity index (χ0) is 10.1. The van der Waals surface area contributed by atoms with Crippen molar-refractivity contribution in [3.05, 3.63) is 22.5 Å². The number of halogens is 4. The summed E-state index contributed by atoms with van der Waals surface area (Å²) in [5.41, 5.74) is -0.820. The van der Waals surface area contributed by atoms with Crippen molar-refractivity contribution in [3.8, 4) is 0 Å². The Morgan fingerprint density at radius 1 is 1.46 bits per heavy atom. The Kier molecular flexibility index (Phi) is 2.75. The van der Waals surface area contributed by atoms with Gasteiger partial charge in [0.15, 0.2) is 5.15 Å². The first-order valence-corrected chi connectivity index (χ1v) is 3.92. The fourth-order valence-corrected chi connectivity index (χ4v) is 1.24. The molecule has 0 aliphatic carbocycles. The van der Waals surface area contributed by atoms with E-state index in [1.54, 1.807) is 6.92 Å². The van der Waals surface area contributed by atoms with Crippen LogP contribution in [-0.2, 0) is 12.6 Å². The standard InChI is InChI=1S/C7H6ClF3N2/c1-2-4-3-12-13-6(8)5(4)7(9,10)11/h3H,2H2,1H3. The maximum atomic E-state index is 12.3. The maximum Gasteiger partial charge on any atom is 0.419 e. The van der Waals surface area contributed by atoms with Crippen LogP contribution in [0.5, 0.6) is 0 Å². The van der Waals surface area contributed by atoms with E-state index in [-0.39, 0.29) is 12.0 Å². The summed E-state index contributed by atoms with van der Waals surface area (Å²) < 4.78 is 37.0. The molecule has 2 nitrogen and oxygen atoms in total. The van der Waals surface area contributed by atoms with Crippen LogP contribution in [0.4, 0.5) is 13.2 Å². The molecule has 0 saturated carbocycles. The molecule has 0 aromatic carbocycles. The minimum absolute atomic E-state index is 0.0625. The largest absolute Gasteiger partial charge is 0.419 e. The molecule has 1 heterocycles. The number of aryl methyl sites for hydroxylation is 1. The number of rotatable bonds is 1. The molecule has 0 radical (unpaired) electrons. The third-order valence-corrected chi connectivity index (χ3v) is 1.82. The average Bonchev–Trinajstić information content (AvgIpc) is 2.01. The van der Waals surface area contributed by atoms with Gasteiger partial charge in [0.25, 0.3) is 0 Å². The van der Waals surface area contributed by atoms with E-state index in [1.165, 1.54) is 0 Å². The summed E-state index contributed by atoms with van der Waals surface area (Å²) in [6.07, 6.45) is -3.16. The van der Waals surface area contributed by atoms with Crippen LogP contribution in [0.3, 0.4) is 0 Å². The minimum Gasteiger partial charge on any atom is -0.166 e. The van der Waals surface area contributed by atoms with Gasteiger partial charge >= 0.3 is 6.18 Å². The summed E-state index contributed by atoms with van der Waals surface area (Å²) in [5.74, 6) is 0. The second-order valence-corrected chi connectivity index (χ2v) is 2.74.